The van der Waals surface area contributed by atoms with Gasteiger partial charge in [-0.1, -0.05) is 6.07 Å². The molecule has 0 radical (unpaired) electrons. The van der Waals surface area contributed by atoms with E-state index in [-0.39, 0.29) is 5.78 Å². The molecule has 1 aliphatic heterocycles. The second kappa shape index (κ2) is 4.70. The Morgan fingerprint density at radius 2 is 2.12 bits per heavy atom. The lowest BCUT2D eigenvalue weighted by atomic mass is 10.1. The van der Waals surface area contributed by atoms with E-state index in [2.05, 4.69) is 0 Å². The Bertz CT molecular complexity index is 406. The fourth-order valence-corrected chi connectivity index (χ4v) is 1.93. The summed E-state index contributed by atoms with van der Waals surface area (Å²) >= 11 is 0. The third-order valence-electron chi connectivity index (χ3n) is 2.74. The number of halogens is 2. The van der Waals surface area contributed by atoms with Gasteiger partial charge in [0.05, 0.1) is 6.54 Å². The van der Waals surface area contributed by atoms with E-state index in [0.717, 1.165) is 19.0 Å². The van der Waals surface area contributed by atoms with Crippen LogP contribution in [0.3, 0.4) is 0 Å². The van der Waals surface area contributed by atoms with Gasteiger partial charge >= 0.3 is 0 Å². The first-order valence-corrected chi connectivity index (χ1v) is 5.33. The van der Waals surface area contributed by atoms with Gasteiger partial charge in [-0.25, -0.2) is 8.78 Å². The average molecular weight is 225 g/mol. The number of rotatable bonds is 2. The average Bonchev–Trinajstić information content (AvgIpc) is 2.22. The number of benzene rings is 1. The molecule has 2 rings (SSSR count). The van der Waals surface area contributed by atoms with Crippen LogP contribution in [-0.4, -0.2) is 23.8 Å². The van der Waals surface area contributed by atoms with Gasteiger partial charge in [0, 0.05) is 24.6 Å². The van der Waals surface area contributed by atoms with Crippen LogP contribution < -0.4 is 0 Å². The molecule has 1 saturated heterocycles. The molecule has 0 saturated carbocycles. The van der Waals surface area contributed by atoms with Crippen LogP contribution in [0.15, 0.2) is 18.2 Å². The predicted molar refractivity (Wildman–Crippen MR) is 55.9 cm³/mol. The smallest absolute Gasteiger partial charge is 0.146 e. The first-order chi connectivity index (χ1) is 7.65. The highest BCUT2D eigenvalue weighted by Gasteiger charge is 2.17. The first-order valence-electron chi connectivity index (χ1n) is 5.33. The molecule has 0 N–H and O–H groups in total. The molecule has 1 aliphatic rings. The van der Waals surface area contributed by atoms with Crippen LogP contribution in [0.4, 0.5) is 8.78 Å². The summed E-state index contributed by atoms with van der Waals surface area (Å²) in [5.41, 5.74) is 0.441. The van der Waals surface area contributed by atoms with Crippen molar-refractivity contribution in [1.82, 2.24) is 4.90 Å². The van der Waals surface area contributed by atoms with Crippen molar-refractivity contribution in [2.24, 2.45) is 0 Å². The van der Waals surface area contributed by atoms with Gasteiger partial charge in [-0.2, -0.15) is 0 Å². The molecular formula is C12H13F2NO. The minimum atomic E-state index is -0.573. The first kappa shape index (κ1) is 11.2. The lowest BCUT2D eigenvalue weighted by Gasteiger charge is -2.25. The van der Waals surface area contributed by atoms with Gasteiger partial charge in [-0.3, -0.25) is 9.69 Å². The van der Waals surface area contributed by atoms with Gasteiger partial charge in [0.25, 0.3) is 0 Å². The maximum absolute atomic E-state index is 13.4. The number of Topliss-reactive ketones (excluding diaryl/α,β-unsaturated/α-hetero) is 1. The summed E-state index contributed by atoms with van der Waals surface area (Å²) < 4.78 is 26.0. The molecule has 0 atom stereocenters. The Labute approximate surface area is 92.9 Å². The molecule has 0 amide bonds. The van der Waals surface area contributed by atoms with Crippen LogP contribution in [0.1, 0.15) is 18.4 Å². The zero-order valence-corrected chi connectivity index (χ0v) is 8.88. The van der Waals surface area contributed by atoms with E-state index in [1.807, 2.05) is 4.90 Å². The van der Waals surface area contributed by atoms with E-state index >= 15 is 0 Å². The Hall–Kier alpha value is -1.29. The minimum absolute atomic E-state index is 0.189. The van der Waals surface area contributed by atoms with E-state index in [0.29, 0.717) is 25.1 Å². The topological polar surface area (TPSA) is 20.3 Å². The van der Waals surface area contributed by atoms with Gasteiger partial charge in [-0.15, -0.1) is 0 Å². The SMILES string of the molecule is O=C1CCCN(Cc2ccc(F)cc2F)C1. The Morgan fingerprint density at radius 1 is 1.31 bits per heavy atom. The molecule has 1 fully saturated rings. The van der Waals surface area contributed by atoms with E-state index in [1.165, 1.54) is 12.1 Å². The number of hydrogen-bond acceptors (Lipinski definition) is 2. The van der Waals surface area contributed by atoms with Gasteiger partial charge in [0.1, 0.15) is 17.4 Å². The Kier molecular flexibility index (Phi) is 3.29. The molecule has 1 heterocycles. The molecule has 0 spiro atoms. The highest BCUT2D eigenvalue weighted by atomic mass is 19.1. The largest absolute Gasteiger partial charge is 0.298 e. The normalized spacial score (nSPS) is 17.8. The van der Waals surface area contributed by atoms with Crippen molar-refractivity contribution < 1.29 is 13.6 Å². The van der Waals surface area contributed by atoms with Gasteiger partial charge in [0.2, 0.25) is 0 Å². The van der Waals surface area contributed by atoms with Crippen LogP contribution >= 0.6 is 0 Å². The number of carbonyl (C=O) groups excluding carboxylic acids is 1. The van der Waals surface area contributed by atoms with Crippen LogP contribution in [0.5, 0.6) is 0 Å². The molecule has 86 valence electrons. The van der Waals surface area contributed by atoms with Crippen molar-refractivity contribution in [2.75, 3.05) is 13.1 Å². The van der Waals surface area contributed by atoms with Crippen LogP contribution in [0.25, 0.3) is 0 Å². The highest BCUT2D eigenvalue weighted by Crippen LogP contribution is 2.14. The molecule has 4 heteroatoms. The molecule has 2 nitrogen and oxygen atoms in total. The van der Waals surface area contributed by atoms with Crippen LogP contribution in [0, 0.1) is 11.6 Å². The summed E-state index contributed by atoms with van der Waals surface area (Å²) in [5.74, 6) is -0.928. The molecule has 1 aromatic carbocycles. The van der Waals surface area contributed by atoms with Crippen molar-refractivity contribution in [1.29, 1.82) is 0 Å². The molecule has 0 unspecified atom stereocenters. The number of likely N-dealkylation sites (tertiary alicyclic amines) is 1. The van der Waals surface area contributed by atoms with E-state index < -0.39 is 11.6 Å². The summed E-state index contributed by atoms with van der Waals surface area (Å²) in [6.07, 6.45) is 1.43. The van der Waals surface area contributed by atoms with Crippen molar-refractivity contribution >= 4 is 5.78 Å². The van der Waals surface area contributed by atoms with E-state index in [9.17, 15) is 13.6 Å². The lowest BCUT2D eigenvalue weighted by Crippen LogP contribution is -2.35. The Balaban J connectivity index is 2.05. The second-order valence-electron chi connectivity index (χ2n) is 4.09. The number of nitrogens with zero attached hydrogens (tertiary/aromatic N) is 1. The zero-order valence-electron chi connectivity index (χ0n) is 8.88. The molecule has 0 aliphatic carbocycles. The quantitative estimate of drug-likeness (QED) is 0.768. The molecule has 0 bridgehead atoms. The lowest BCUT2D eigenvalue weighted by molar-refractivity contribution is -0.122. The molecular weight excluding hydrogens is 212 g/mol. The van der Waals surface area contributed by atoms with E-state index in [1.54, 1.807) is 0 Å². The standard InChI is InChI=1S/C12H13F2NO/c13-10-4-3-9(12(14)6-10)7-15-5-1-2-11(16)8-15/h3-4,6H,1-2,5,7-8H2. The van der Waals surface area contributed by atoms with Crippen molar-refractivity contribution in [2.45, 2.75) is 19.4 Å². The highest BCUT2D eigenvalue weighted by molar-refractivity contribution is 5.81. The zero-order chi connectivity index (χ0) is 11.5. The number of ketones is 1. The fourth-order valence-electron chi connectivity index (χ4n) is 1.93. The molecule has 1 aromatic rings. The molecule has 16 heavy (non-hydrogen) atoms. The second-order valence-corrected chi connectivity index (χ2v) is 4.09. The summed E-state index contributed by atoms with van der Waals surface area (Å²) in [6.45, 7) is 1.54. The third-order valence-corrected chi connectivity index (χ3v) is 2.74. The maximum atomic E-state index is 13.4. The number of piperidine rings is 1. The van der Waals surface area contributed by atoms with E-state index in [4.69, 9.17) is 0 Å². The van der Waals surface area contributed by atoms with Gasteiger partial charge < -0.3 is 0 Å². The predicted octanol–water partition coefficient (Wildman–Crippen LogP) is 2.13. The summed E-state index contributed by atoms with van der Waals surface area (Å²) in [4.78, 5) is 13.1. The third kappa shape index (κ3) is 2.64. The fraction of sp³-hybridized carbons (Fsp3) is 0.417. The van der Waals surface area contributed by atoms with Gasteiger partial charge in [0.15, 0.2) is 0 Å². The van der Waals surface area contributed by atoms with Gasteiger partial charge in [-0.05, 0) is 19.0 Å². The van der Waals surface area contributed by atoms with Crippen LogP contribution in [0.2, 0.25) is 0 Å². The van der Waals surface area contributed by atoms with Crippen LogP contribution in [-0.2, 0) is 11.3 Å². The van der Waals surface area contributed by atoms with Crippen molar-refractivity contribution in [3.63, 3.8) is 0 Å². The minimum Gasteiger partial charge on any atom is -0.298 e. The van der Waals surface area contributed by atoms with Crippen molar-refractivity contribution in [3.05, 3.63) is 35.4 Å². The monoisotopic (exact) mass is 225 g/mol. The molecule has 0 aromatic heterocycles. The summed E-state index contributed by atoms with van der Waals surface area (Å²) in [5, 5.41) is 0. The number of hydrogen-bond donors (Lipinski definition) is 0. The van der Waals surface area contributed by atoms with Crippen molar-refractivity contribution in [3.8, 4) is 0 Å². The summed E-state index contributed by atoms with van der Waals surface area (Å²) in [7, 11) is 0. The Morgan fingerprint density at radius 3 is 2.81 bits per heavy atom. The summed E-state index contributed by atoms with van der Waals surface area (Å²) in [6, 6.07) is 3.55. The number of carbonyl (C=O) groups is 1. The maximum Gasteiger partial charge on any atom is 0.146 e.